The number of nitro groups is 1. The van der Waals surface area contributed by atoms with E-state index in [0.717, 1.165) is 19.6 Å². The fraction of sp³-hybridized carbons (Fsp3) is 0.636. The second kappa shape index (κ2) is 4.49. The van der Waals surface area contributed by atoms with Gasteiger partial charge in [0, 0.05) is 19.1 Å². The third-order valence-corrected chi connectivity index (χ3v) is 3.72. The van der Waals surface area contributed by atoms with Gasteiger partial charge in [0.2, 0.25) is 5.95 Å². The molecule has 0 spiro atoms. The molecule has 0 amide bonds. The quantitative estimate of drug-likeness (QED) is 0.609. The van der Waals surface area contributed by atoms with Gasteiger partial charge in [-0.05, 0) is 25.3 Å². The van der Waals surface area contributed by atoms with Crippen LogP contribution in [0.3, 0.4) is 0 Å². The van der Waals surface area contributed by atoms with Crippen LogP contribution in [-0.2, 0) is 0 Å². The van der Waals surface area contributed by atoms with Crippen molar-refractivity contribution in [2.75, 3.05) is 24.5 Å². The maximum absolute atomic E-state index is 10.5. The van der Waals surface area contributed by atoms with Crippen LogP contribution in [0.1, 0.15) is 12.8 Å². The van der Waals surface area contributed by atoms with Crippen molar-refractivity contribution in [2.24, 2.45) is 5.92 Å². The van der Waals surface area contributed by atoms with Gasteiger partial charge in [-0.2, -0.15) is 0 Å². The minimum Gasteiger partial charge on any atom is -0.339 e. The summed E-state index contributed by atoms with van der Waals surface area (Å²) in [4.78, 5) is 20.3. The van der Waals surface area contributed by atoms with Crippen molar-refractivity contribution in [3.63, 3.8) is 0 Å². The molecule has 0 radical (unpaired) electrons. The number of hydrogen-bond acceptors (Lipinski definition) is 6. The number of fused-ring (bicyclic) bond motifs is 1. The number of anilines is 1. The van der Waals surface area contributed by atoms with Gasteiger partial charge >= 0.3 is 5.69 Å². The van der Waals surface area contributed by atoms with Gasteiger partial charge in [-0.15, -0.1) is 0 Å². The summed E-state index contributed by atoms with van der Waals surface area (Å²) in [7, 11) is 0. The van der Waals surface area contributed by atoms with Crippen molar-refractivity contribution >= 4 is 11.6 Å². The average Bonchev–Trinajstić information content (AvgIpc) is 2.82. The lowest BCUT2D eigenvalue weighted by atomic mass is 9.94. The predicted molar refractivity (Wildman–Crippen MR) is 65.4 cm³/mol. The molecule has 0 aromatic carbocycles. The Morgan fingerprint density at radius 1 is 1.39 bits per heavy atom. The summed E-state index contributed by atoms with van der Waals surface area (Å²) >= 11 is 0. The van der Waals surface area contributed by atoms with Crippen molar-refractivity contribution in [1.82, 2.24) is 15.3 Å². The third-order valence-electron chi connectivity index (χ3n) is 3.72. The Balaban J connectivity index is 1.73. The number of nitrogens with zero attached hydrogens (tertiary/aromatic N) is 4. The van der Waals surface area contributed by atoms with Crippen molar-refractivity contribution in [3.8, 4) is 0 Å². The van der Waals surface area contributed by atoms with E-state index in [1.165, 1.54) is 25.2 Å². The summed E-state index contributed by atoms with van der Waals surface area (Å²) in [5, 5.41) is 14.0. The molecule has 2 fully saturated rings. The van der Waals surface area contributed by atoms with Gasteiger partial charge in [0.15, 0.2) is 0 Å². The highest BCUT2D eigenvalue weighted by molar-refractivity contribution is 5.36. The van der Waals surface area contributed by atoms with Crippen molar-refractivity contribution in [3.05, 3.63) is 22.5 Å². The molecule has 1 aromatic rings. The van der Waals surface area contributed by atoms with Gasteiger partial charge in [-0.1, -0.05) is 0 Å². The van der Waals surface area contributed by atoms with Crippen LogP contribution in [0.2, 0.25) is 0 Å². The first-order valence-electron chi connectivity index (χ1n) is 6.19. The molecule has 2 unspecified atom stereocenters. The van der Waals surface area contributed by atoms with Gasteiger partial charge < -0.3 is 10.2 Å². The molecule has 0 aliphatic carbocycles. The normalized spacial score (nSPS) is 27.0. The molecule has 1 N–H and O–H groups in total. The van der Waals surface area contributed by atoms with Gasteiger partial charge in [0.1, 0.15) is 12.4 Å². The van der Waals surface area contributed by atoms with Crippen LogP contribution < -0.4 is 10.2 Å². The number of piperidine rings is 1. The molecule has 2 saturated heterocycles. The van der Waals surface area contributed by atoms with Gasteiger partial charge in [0.05, 0.1) is 4.92 Å². The van der Waals surface area contributed by atoms with Gasteiger partial charge in [0.25, 0.3) is 0 Å². The molecule has 2 aliphatic heterocycles. The van der Waals surface area contributed by atoms with Crippen LogP contribution in [0.15, 0.2) is 12.4 Å². The number of hydrogen-bond donors (Lipinski definition) is 1. The first-order chi connectivity index (χ1) is 8.74. The Hall–Kier alpha value is -1.76. The summed E-state index contributed by atoms with van der Waals surface area (Å²) < 4.78 is 0. The predicted octanol–water partition coefficient (Wildman–Crippen LogP) is 0.573. The lowest BCUT2D eigenvalue weighted by Gasteiger charge is -2.24. The SMILES string of the molecule is O=[N+]([O-])c1cnc(N2CC3CCCNC3C2)nc1. The molecule has 7 heteroatoms. The molecule has 0 saturated carbocycles. The minimum atomic E-state index is -0.477. The summed E-state index contributed by atoms with van der Waals surface area (Å²) in [6.45, 7) is 2.91. The molecule has 2 atom stereocenters. The Bertz CT molecular complexity index is 435. The van der Waals surface area contributed by atoms with Crippen LogP contribution in [0.25, 0.3) is 0 Å². The summed E-state index contributed by atoms with van der Waals surface area (Å²) in [5.74, 6) is 1.24. The lowest BCUT2D eigenvalue weighted by Crippen LogP contribution is -2.40. The zero-order valence-electron chi connectivity index (χ0n) is 9.95. The summed E-state index contributed by atoms with van der Waals surface area (Å²) in [6, 6.07) is 0.512. The zero-order valence-corrected chi connectivity index (χ0v) is 9.95. The average molecular weight is 249 g/mol. The molecule has 0 bridgehead atoms. The molecule has 3 heterocycles. The lowest BCUT2D eigenvalue weighted by molar-refractivity contribution is -0.385. The Labute approximate surface area is 104 Å². The molecule has 7 nitrogen and oxygen atoms in total. The number of nitrogens with one attached hydrogen (secondary N) is 1. The molecule has 2 aliphatic rings. The molecule has 1 aromatic heterocycles. The number of aromatic nitrogens is 2. The Morgan fingerprint density at radius 2 is 2.17 bits per heavy atom. The molecular weight excluding hydrogens is 234 g/mol. The fourth-order valence-electron chi connectivity index (χ4n) is 2.78. The van der Waals surface area contributed by atoms with E-state index in [0.29, 0.717) is 17.9 Å². The van der Waals surface area contributed by atoms with Crippen LogP contribution in [-0.4, -0.2) is 40.6 Å². The smallest absolute Gasteiger partial charge is 0.305 e. The summed E-state index contributed by atoms with van der Waals surface area (Å²) in [5.41, 5.74) is -0.0616. The van der Waals surface area contributed by atoms with Crippen molar-refractivity contribution in [2.45, 2.75) is 18.9 Å². The van der Waals surface area contributed by atoms with E-state index in [1.807, 2.05) is 0 Å². The van der Waals surface area contributed by atoms with E-state index in [9.17, 15) is 10.1 Å². The highest BCUT2D eigenvalue weighted by atomic mass is 16.6. The maximum atomic E-state index is 10.5. The standard InChI is InChI=1S/C11H15N5O2/c17-16(18)9-4-13-11(14-5-9)15-6-8-2-1-3-12-10(8)7-15/h4-5,8,10,12H,1-3,6-7H2. The zero-order chi connectivity index (χ0) is 12.5. The maximum Gasteiger partial charge on any atom is 0.305 e. The molecular formula is C11H15N5O2. The Morgan fingerprint density at radius 3 is 2.83 bits per heavy atom. The second-order valence-corrected chi connectivity index (χ2v) is 4.87. The largest absolute Gasteiger partial charge is 0.339 e. The Kier molecular flexibility index (Phi) is 2.83. The van der Waals surface area contributed by atoms with Crippen LogP contribution in [0.5, 0.6) is 0 Å². The highest BCUT2D eigenvalue weighted by Crippen LogP contribution is 2.27. The van der Waals surface area contributed by atoms with Gasteiger partial charge in [-0.25, -0.2) is 9.97 Å². The van der Waals surface area contributed by atoms with Crippen LogP contribution >= 0.6 is 0 Å². The second-order valence-electron chi connectivity index (χ2n) is 4.87. The number of rotatable bonds is 2. The van der Waals surface area contributed by atoms with E-state index in [2.05, 4.69) is 20.2 Å². The molecule has 96 valence electrons. The monoisotopic (exact) mass is 249 g/mol. The van der Waals surface area contributed by atoms with Crippen molar-refractivity contribution in [1.29, 1.82) is 0 Å². The minimum absolute atomic E-state index is 0.0616. The van der Waals surface area contributed by atoms with Crippen LogP contribution in [0.4, 0.5) is 11.6 Å². The molecule has 3 rings (SSSR count). The first-order valence-corrected chi connectivity index (χ1v) is 6.19. The van der Waals surface area contributed by atoms with E-state index in [4.69, 9.17) is 0 Å². The highest BCUT2D eigenvalue weighted by Gasteiger charge is 2.35. The third kappa shape index (κ3) is 2.01. The van der Waals surface area contributed by atoms with E-state index in [-0.39, 0.29) is 5.69 Å². The van der Waals surface area contributed by atoms with Crippen LogP contribution in [0, 0.1) is 16.0 Å². The van der Waals surface area contributed by atoms with E-state index in [1.54, 1.807) is 0 Å². The van der Waals surface area contributed by atoms with Gasteiger partial charge in [-0.3, -0.25) is 10.1 Å². The fourth-order valence-corrected chi connectivity index (χ4v) is 2.78. The topological polar surface area (TPSA) is 84.2 Å². The van der Waals surface area contributed by atoms with E-state index < -0.39 is 4.92 Å². The summed E-state index contributed by atoms with van der Waals surface area (Å²) in [6.07, 6.45) is 5.01. The molecule has 18 heavy (non-hydrogen) atoms. The van der Waals surface area contributed by atoms with E-state index >= 15 is 0 Å². The van der Waals surface area contributed by atoms with Crippen molar-refractivity contribution < 1.29 is 4.92 Å². The first kappa shape index (κ1) is 11.3.